The molecule has 2 N–H and O–H groups in total. The van der Waals surface area contributed by atoms with E-state index >= 15 is 0 Å². The number of nitro groups is 2. The molecule has 46 heavy (non-hydrogen) atoms. The van der Waals surface area contributed by atoms with Crippen LogP contribution in [0.1, 0.15) is 206 Å². The largest absolute Gasteiger partial charge is 0.476 e. The molecule has 0 amide bonds. The van der Waals surface area contributed by atoms with Gasteiger partial charge in [-0.15, -0.1) is 0 Å². The van der Waals surface area contributed by atoms with Crippen LogP contribution in [0.15, 0.2) is 0 Å². The van der Waals surface area contributed by atoms with Gasteiger partial charge < -0.3 is 10.2 Å². The van der Waals surface area contributed by atoms with E-state index in [9.17, 15) is 29.8 Å². The molecule has 10 nitrogen and oxygen atoms in total. The van der Waals surface area contributed by atoms with Crippen molar-refractivity contribution in [1.82, 2.24) is 0 Å². The Morgan fingerprint density at radius 1 is 0.413 bits per heavy atom. The Bertz CT molecular complexity index is 647. The van der Waals surface area contributed by atoms with Gasteiger partial charge in [-0.1, -0.05) is 181 Å². The molecule has 2 atom stereocenters. The predicted octanol–water partition coefficient (Wildman–Crippen LogP) is 11.2. The summed E-state index contributed by atoms with van der Waals surface area (Å²) in [7, 11) is 0. The van der Waals surface area contributed by atoms with E-state index in [0.29, 0.717) is 12.8 Å². The second-order valence-electron chi connectivity index (χ2n) is 13.0. The van der Waals surface area contributed by atoms with E-state index in [1.807, 2.05) is 0 Å². The Kier molecular flexibility index (Phi) is 35.5. The first-order chi connectivity index (χ1) is 22.2. The summed E-state index contributed by atoms with van der Waals surface area (Å²) in [5.41, 5.74) is 0. The van der Waals surface area contributed by atoms with Gasteiger partial charge in [-0.05, 0) is 12.8 Å². The summed E-state index contributed by atoms with van der Waals surface area (Å²) in [4.78, 5) is 41.0. The van der Waals surface area contributed by atoms with E-state index in [1.54, 1.807) is 0 Å². The van der Waals surface area contributed by atoms with Crippen LogP contribution in [-0.4, -0.2) is 44.1 Å². The average molecular weight is 659 g/mol. The lowest BCUT2D eigenvalue weighted by atomic mass is 10.0. The third kappa shape index (κ3) is 33.1. The second kappa shape index (κ2) is 35.6. The van der Waals surface area contributed by atoms with Crippen molar-refractivity contribution in [1.29, 1.82) is 0 Å². The van der Waals surface area contributed by atoms with Crippen molar-refractivity contribution in [2.24, 2.45) is 0 Å². The molecule has 0 aromatic rings. The minimum absolute atomic E-state index is 0.153. The Hall–Kier alpha value is -2.26. The van der Waals surface area contributed by atoms with Gasteiger partial charge in [-0.25, -0.2) is 9.59 Å². The van der Waals surface area contributed by atoms with Crippen LogP contribution in [0.4, 0.5) is 0 Å². The van der Waals surface area contributed by atoms with Crippen molar-refractivity contribution in [3.63, 3.8) is 0 Å². The maximum absolute atomic E-state index is 10.7. The number of hydrogen-bond donors (Lipinski definition) is 2. The molecule has 0 aliphatic heterocycles. The summed E-state index contributed by atoms with van der Waals surface area (Å²) in [6.45, 7) is 4.49. The van der Waals surface area contributed by atoms with E-state index in [4.69, 9.17) is 10.2 Å². The zero-order valence-corrected chi connectivity index (χ0v) is 29.6. The van der Waals surface area contributed by atoms with Crippen LogP contribution < -0.4 is 0 Å². The quantitative estimate of drug-likeness (QED) is 0.0392. The standard InChI is InChI=1S/2C18H35NO4/c2*1-2-3-4-5-6-7-8-9-10-11-12-13-14-15-16-17(18(20)21)19(22)23/h2*17H,2-16H2,1H3,(H,20,21). The maximum atomic E-state index is 10.7. The van der Waals surface area contributed by atoms with Crippen molar-refractivity contribution in [2.45, 2.75) is 219 Å². The van der Waals surface area contributed by atoms with Crippen LogP contribution >= 0.6 is 0 Å². The van der Waals surface area contributed by atoms with E-state index in [2.05, 4.69) is 13.8 Å². The number of nitrogens with zero attached hydrogens (tertiary/aromatic N) is 2. The highest BCUT2D eigenvalue weighted by Crippen LogP contribution is 2.16. The van der Waals surface area contributed by atoms with E-state index < -0.39 is 33.9 Å². The predicted molar refractivity (Wildman–Crippen MR) is 187 cm³/mol. The molecular formula is C36H70N2O8. The molecule has 0 aliphatic rings. The number of rotatable bonds is 34. The first kappa shape index (κ1) is 45.9. The minimum Gasteiger partial charge on any atom is -0.476 e. The zero-order chi connectivity index (χ0) is 34.7. The highest BCUT2D eigenvalue weighted by Gasteiger charge is 2.28. The van der Waals surface area contributed by atoms with Gasteiger partial charge in [0.25, 0.3) is 0 Å². The Morgan fingerprint density at radius 3 is 0.739 bits per heavy atom. The highest BCUT2D eigenvalue weighted by atomic mass is 16.6. The summed E-state index contributed by atoms with van der Waals surface area (Å²) in [5, 5.41) is 38.5. The number of unbranched alkanes of at least 4 members (excludes halogenated alkanes) is 26. The molecular weight excluding hydrogens is 588 g/mol. The molecule has 0 saturated heterocycles. The Balaban J connectivity index is 0. The van der Waals surface area contributed by atoms with E-state index in [0.717, 1.165) is 38.5 Å². The molecule has 0 bridgehead atoms. The molecule has 0 aromatic heterocycles. The third-order valence-corrected chi connectivity index (χ3v) is 8.74. The molecule has 0 radical (unpaired) electrons. The molecule has 0 rings (SSSR count). The third-order valence-electron chi connectivity index (χ3n) is 8.74. The van der Waals surface area contributed by atoms with Gasteiger partial charge in [0, 0.05) is 22.7 Å². The fourth-order valence-electron chi connectivity index (χ4n) is 5.70. The topological polar surface area (TPSA) is 161 Å². The summed E-state index contributed by atoms with van der Waals surface area (Å²) in [6.07, 6.45) is 34.5. The van der Waals surface area contributed by atoms with Crippen LogP contribution in [0.25, 0.3) is 0 Å². The summed E-state index contributed by atoms with van der Waals surface area (Å²) in [6, 6.07) is -2.85. The second-order valence-corrected chi connectivity index (χ2v) is 13.0. The van der Waals surface area contributed by atoms with Crippen molar-refractivity contribution in [3.05, 3.63) is 20.2 Å². The van der Waals surface area contributed by atoms with Gasteiger partial charge in [0.05, 0.1) is 0 Å². The van der Waals surface area contributed by atoms with Gasteiger partial charge in [-0.2, -0.15) is 0 Å². The van der Waals surface area contributed by atoms with Gasteiger partial charge in [0.1, 0.15) is 0 Å². The number of hydrogen-bond acceptors (Lipinski definition) is 6. The summed E-state index contributed by atoms with van der Waals surface area (Å²) in [5.74, 6) is -2.63. The van der Waals surface area contributed by atoms with E-state index in [1.165, 1.54) is 128 Å². The molecule has 0 heterocycles. The fourth-order valence-corrected chi connectivity index (χ4v) is 5.70. The lowest BCUT2D eigenvalue weighted by Gasteiger charge is -2.05. The Morgan fingerprint density at radius 2 is 0.587 bits per heavy atom. The van der Waals surface area contributed by atoms with Gasteiger partial charge in [-0.3, -0.25) is 20.2 Å². The van der Waals surface area contributed by atoms with Gasteiger partial charge in [0.15, 0.2) is 0 Å². The first-order valence-electron chi connectivity index (χ1n) is 18.9. The zero-order valence-electron chi connectivity index (χ0n) is 29.6. The van der Waals surface area contributed by atoms with Crippen molar-refractivity contribution < 1.29 is 29.6 Å². The van der Waals surface area contributed by atoms with Gasteiger partial charge in [0.2, 0.25) is 0 Å². The molecule has 0 aliphatic carbocycles. The fraction of sp³-hybridized carbons (Fsp3) is 0.944. The van der Waals surface area contributed by atoms with Crippen molar-refractivity contribution in [3.8, 4) is 0 Å². The number of carbonyl (C=O) groups is 2. The molecule has 272 valence electrons. The Labute approximate surface area is 280 Å². The minimum atomic E-state index is -1.42. The van der Waals surface area contributed by atoms with Crippen molar-refractivity contribution in [2.75, 3.05) is 0 Å². The van der Waals surface area contributed by atoms with Crippen LogP contribution in [-0.2, 0) is 9.59 Å². The molecule has 2 unspecified atom stereocenters. The lowest BCUT2D eigenvalue weighted by molar-refractivity contribution is -0.511. The first-order valence-corrected chi connectivity index (χ1v) is 18.9. The SMILES string of the molecule is CCCCCCCCCCCCCCCCC(C(=O)O)[N+](=O)[O-].CCCCCCCCCCCCCCCCC(C(=O)O)[N+](=O)[O-]. The summed E-state index contributed by atoms with van der Waals surface area (Å²) >= 11 is 0. The summed E-state index contributed by atoms with van der Waals surface area (Å²) < 4.78 is 0. The van der Waals surface area contributed by atoms with Crippen LogP contribution in [0.5, 0.6) is 0 Å². The van der Waals surface area contributed by atoms with Crippen molar-refractivity contribution >= 4 is 11.9 Å². The number of carboxylic acid groups (broad SMARTS) is 2. The smallest absolute Gasteiger partial charge is 0.379 e. The molecule has 0 fully saturated rings. The molecule has 10 heteroatoms. The molecule has 0 spiro atoms. The van der Waals surface area contributed by atoms with Crippen LogP contribution in [0.3, 0.4) is 0 Å². The monoisotopic (exact) mass is 659 g/mol. The molecule has 0 saturated carbocycles. The van der Waals surface area contributed by atoms with Crippen LogP contribution in [0.2, 0.25) is 0 Å². The van der Waals surface area contributed by atoms with Gasteiger partial charge >= 0.3 is 24.0 Å². The maximum Gasteiger partial charge on any atom is 0.379 e. The lowest BCUT2D eigenvalue weighted by Crippen LogP contribution is -2.28. The number of carboxylic acids is 2. The number of aliphatic carboxylic acids is 2. The highest BCUT2D eigenvalue weighted by molar-refractivity contribution is 5.72. The molecule has 0 aromatic carbocycles. The normalized spacial score (nSPS) is 12.2. The average Bonchev–Trinajstić information content (AvgIpc) is 3.00. The van der Waals surface area contributed by atoms with Crippen LogP contribution in [0, 0.1) is 20.2 Å². The van der Waals surface area contributed by atoms with E-state index in [-0.39, 0.29) is 12.8 Å².